The lowest BCUT2D eigenvalue weighted by Gasteiger charge is -2.31. The van der Waals surface area contributed by atoms with Crippen molar-refractivity contribution in [3.63, 3.8) is 0 Å². The van der Waals surface area contributed by atoms with E-state index in [9.17, 15) is 18.0 Å². The summed E-state index contributed by atoms with van der Waals surface area (Å²) in [6.45, 7) is 5.83. The van der Waals surface area contributed by atoms with E-state index in [-0.39, 0.29) is 29.5 Å². The molecule has 0 saturated carbocycles. The first-order valence-electron chi connectivity index (χ1n) is 11.5. The summed E-state index contributed by atoms with van der Waals surface area (Å²) in [4.78, 5) is 30.2. The van der Waals surface area contributed by atoms with Gasteiger partial charge < -0.3 is 19.9 Å². The van der Waals surface area contributed by atoms with Crippen molar-refractivity contribution in [3.05, 3.63) is 46.8 Å². The number of anilines is 1. The Balaban J connectivity index is 1.72. The number of piperidine rings is 1. The summed E-state index contributed by atoms with van der Waals surface area (Å²) in [5, 5.41) is 2.94. The third-order valence-corrected chi connectivity index (χ3v) is 8.11. The number of amides is 1. The Bertz CT molecular complexity index is 1140. The van der Waals surface area contributed by atoms with Crippen LogP contribution in [0.25, 0.3) is 0 Å². The van der Waals surface area contributed by atoms with Crippen LogP contribution in [0.1, 0.15) is 47.1 Å². The minimum atomic E-state index is -4.00. The highest BCUT2D eigenvalue weighted by molar-refractivity contribution is 7.89. The zero-order valence-corrected chi connectivity index (χ0v) is 21.3. The number of carbonyl (C=O) groups excluding carboxylic acids is 2. The normalized spacial score (nSPS) is 16.8. The van der Waals surface area contributed by atoms with Gasteiger partial charge in [0.15, 0.2) is 0 Å². The number of aromatic amines is 1. The number of carbonyl (C=O) groups is 2. The highest BCUT2D eigenvalue weighted by atomic mass is 32.2. The second-order valence-electron chi connectivity index (χ2n) is 8.78. The zero-order chi connectivity index (χ0) is 25.0. The fraction of sp³-hybridized carbons (Fsp3) is 0.500. The molecule has 2 heterocycles. The molecule has 0 radical (unpaired) electrons. The highest BCUT2D eigenvalue weighted by Gasteiger charge is 2.38. The number of H-pyrrole nitrogens is 1. The quantitative estimate of drug-likeness (QED) is 0.550. The summed E-state index contributed by atoms with van der Waals surface area (Å²) in [6, 6.07) is 7.89. The molecule has 1 aromatic carbocycles. The molecule has 2 N–H and O–H groups in total. The van der Waals surface area contributed by atoms with Crippen molar-refractivity contribution in [3.8, 4) is 0 Å². The van der Waals surface area contributed by atoms with Crippen molar-refractivity contribution in [2.24, 2.45) is 5.92 Å². The fourth-order valence-electron chi connectivity index (χ4n) is 4.28. The SMILES string of the molecule is CCOC(=O)c1c(C)[nH]c(C)c1S(=O)(=O)N1CCC[C@H](C(=O)NCc2ccc(N(C)C)cc2)C1. The number of hydrogen-bond acceptors (Lipinski definition) is 6. The molecule has 0 spiro atoms. The van der Waals surface area contributed by atoms with Crippen molar-refractivity contribution < 1.29 is 22.7 Å². The van der Waals surface area contributed by atoms with Crippen LogP contribution in [0.2, 0.25) is 0 Å². The van der Waals surface area contributed by atoms with Gasteiger partial charge in [-0.15, -0.1) is 0 Å². The predicted molar refractivity (Wildman–Crippen MR) is 130 cm³/mol. The fourth-order valence-corrected chi connectivity index (χ4v) is 6.22. The number of sulfonamides is 1. The molecule has 1 aliphatic heterocycles. The molecule has 2 aromatic rings. The Kier molecular flexibility index (Phi) is 8.04. The van der Waals surface area contributed by atoms with Crippen LogP contribution in [0, 0.1) is 19.8 Å². The summed E-state index contributed by atoms with van der Waals surface area (Å²) in [6.07, 6.45) is 1.17. The Hall–Kier alpha value is -2.85. The van der Waals surface area contributed by atoms with Gasteiger partial charge in [-0.05, 0) is 51.3 Å². The highest BCUT2D eigenvalue weighted by Crippen LogP contribution is 2.30. The molecule has 1 saturated heterocycles. The molecule has 34 heavy (non-hydrogen) atoms. The molecule has 0 unspecified atom stereocenters. The van der Waals surface area contributed by atoms with Crippen molar-refractivity contribution in [2.45, 2.75) is 45.1 Å². The molecule has 1 atom stereocenters. The molecule has 10 heteroatoms. The van der Waals surface area contributed by atoms with Crippen LogP contribution in [-0.4, -0.2) is 63.4 Å². The average molecular weight is 491 g/mol. The molecule has 9 nitrogen and oxygen atoms in total. The van der Waals surface area contributed by atoms with Crippen molar-refractivity contribution in [1.29, 1.82) is 0 Å². The average Bonchev–Trinajstić information content (AvgIpc) is 3.12. The Morgan fingerprint density at radius 2 is 1.85 bits per heavy atom. The first kappa shape index (κ1) is 25.8. The van der Waals surface area contributed by atoms with Gasteiger partial charge in [0.05, 0.1) is 12.5 Å². The van der Waals surface area contributed by atoms with Crippen molar-refractivity contribution >= 4 is 27.6 Å². The monoisotopic (exact) mass is 490 g/mol. The number of benzene rings is 1. The van der Waals surface area contributed by atoms with E-state index in [4.69, 9.17) is 4.74 Å². The Morgan fingerprint density at radius 3 is 2.47 bits per heavy atom. The van der Waals surface area contributed by atoms with Gasteiger partial charge in [-0.2, -0.15) is 4.31 Å². The molecular formula is C24H34N4O5S. The maximum absolute atomic E-state index is 13.5. The maximum atomic E-state index is 13.5. The third-order valence-electron chi connectivity index (χ3n) is 6.07. The topological polar surface area (TPSA) is 112 Å². The van der Waals surface area contributed by atoms with Crippen LogP contribution in [0.5, 0.6) is 0 Å². The molecule has 0 aliphatic carbocycles. The van der Waals surface area contributed by atoms with Crippen LogP contribution >= 0.6 is 0 Å². The van der Waals surface area contributed by atoms with Gasteiger partial charge in [0.25, 0.3) is 0 Å². The molecule has 0 bridgehead atoms. The lowest BCUT2D eigenvalue weighted by molar-refractivity contribution is -0.126. The van der Waals surface area contributed by atoms with Gasteiger partial charge in [-0.1, -0.05) is 12.1 Å². The standard InChI is InChI=1S/C24H34N4O5S/c1-6-33-24(30)21-16(2)26-17(3)22(21)34(31,32)28-13-7-8-19(15-28)23(29)25-14-18-9-11-20(12-10-18)27(4)5/h9-12,19,26H,6-8,13-15H2,1-5H3,(H,25,29)/t19-/m0/s1. The van der Waals surface area contributed by atoms with Crippen LogP contribution in [0.15, 0.2) is 29.2 Å². The van der Waals surface area contributed by atoms with E-state index in [1.807, 2.05) is 43.3 Å². The molecule has 1 amide bonds. The van der Waals surface area contributed by atoms with Crippen LogP contribution < -0.4 is 10.2 Å². The molecular weight excluding hydrogens is 456 g/mol. The van der Waals surface area contributed by atoms with Crippen LogP contribution in [0.3, 0.4) is 0 Å². The van der Waals surface area contributed by atoms with Crippen molar-refractivity contribution in [1.82, 2.24) is 14.6 Å². The summed E-state index contributed by atoms with van der Waals surface area (Å²) in [7, 11) is -0.0679. The lowest BCUT2D eigenvalue weighted by atomic mass is 9.98. The lowest BCUT2D eigenvalue weighted by Crippen LogP contribution is -2.45. The predicted octanol–water partition coefficient (Wildman–Crippen LogP) is 2.59. The van der Waals surface area contributed by atoms with Gasteiger partial charge in [0.2, 0.25) is 15.9 Å². The zero-order valence-electron chi connectivity index (χ0n) is 20.5. The Labute approximate surface area is 201 Å². The van der Waals surface area contributed by atoms with Gasteiger partial charge in [0, 0.05) is 50.8 Å². The van der Waals surface area contributed by atoms with E-state index in [1.165, 1.54) is 4.31 Å². The molecule has 1 fully saturated rings. The second kappa shape index (κ2) is 10.6. The van der Waals surface area contributed by atoms with Crippen molar-refractivity contribution in [2.75, 3.05) is 38.7 Å². The number of rotatable bonds is 8. The molecule has 3 rings (SSSR count). The number of esters is 1. The Morgan fingerprint density at radius 1 is 1.18 bits per heavy atom. The smallest absolute Gasteiger partial charge is 0.341 e. The van der Waals surface area contributed by atoms with E-state index in [0.29, 0.717) is 37.3 Å². The second-order valence-corrected chi connectivity index (χ2v) is 10.7. The van der Waals surface area contributed by atoms with E-state index < -0.39 is 21.9 Å². The maximum Gasteiger partial charge on any atom is 0.341 e. The summed E-state index contributed by atoms with van der Waals surface area (Å²) < 4.78 is 33.5. The van der Waals surface area contributed by atoms with Gasteiger partial charge in [0.1, 0.15) is 10.5 Å². The summed E-state index contributed by atoms with van der Waals surface area (Å²) in [5.41, 5.74) is 2.90. The molecule has 1 aliphatic rings. The number of aromatic nitrogens is 1. The summed E-state index contributed by atoms with van der Waals surface area (Å²) >= 11 is 0. The number of hydrogen-bond donors (Lipinski definition) is 2. The number of nitrogens with one attached hydrogen (secondary N) is 2. The number of ether oxygens (including phenoxy) is 1. The summed E-state index contributed by atoms with van der Waals surface area (Å²) in [5.74, 6) is -1.31. The van der Waals surface area contributed by atoms with E-state index in [2.05, 4.69) is 10.3 Å². The van der Waals surface area contributed by atoms with E-state index >= 15 is 0 Å². The molecule has 1 aromatic heterocycles. The molecule has 186 valence electrons. The van der Waals surface area contributed by atoms with Crippen LogP contribution in [0.4, 0.5) is 5.69 Å². The number of aryl methyl sites for hydroxylation is 2. The first-order valence-corrected chi connectivity index (χ1v) is 12.9. The minimum absolute atomic E-state index is 0.0343. The van der Waals surface area contributed by atoms with Gasteiger partial charge in [-0.25, -0.2) is 13.2 Å². The number of nitrogens with zero attached hydrogens (tertiary/aromatic N) is 2. The van der Waals surface area contributed by atoms with Gasteiger partial charge >= 0.3 is 5.97 Å². The van der Waals surface area contributed by atoms with E-state index in [1.54, 1.807) is 20.8 Å². The van der Waals surface area contributed by atoms with Crippen LogP contribution in [-0.2, 0) is 26.1 Å². The van der Waals surface area contributed by atoms with Gasteiger partial charge in [-0.3, -0.25) is 4.79 Å². The third kappa shape index (κ3) is 5.44. The van der Waals surface area contributed by atoms with E-state index in [0.717, 1.165) is 11.3 Å². The minimum Gasteiger partial charge on any atom is -0.462 e. The largest absolute Gasteiger partial charge is 0.462 e. The first-order chi connectivity index (χ1) is 16.1.